The standard InChI is InChI=1S/C27H54/c1-22(2)15-16-23(3)13-9-11-18-26(5,6)20-17-24(4)21-25-14-10-12-19-27(25,7)8/h22-25H,9-21H2,1-8H3. The number of rotatable bonds is 13. The van der Waals surface area contributed by atoms with E-state index >= 15 is 0 Å². The van der Waals surface area contributed by atoms with Gasteiger partial charge in [-0.05, 0) is 66.6 Å². The van der Waals surface area contributed by atoms with Crippen molar-refractivity contribution in [2.75, 3.05) is 0 Å². The van der Waals surface area contributed by atoms with Crippen molar-refractivity contribution in [2.24, 2.45) is 34.5 Å². The molecule has 0 heteroatoms. The van der Waals surface area contributed by atoms with E-state index in [2.05, 4.69) is 55.4 Å². The van der Waals surface area contributed by atoms with Crippen LogP contribution in [0.3, 0.4) is 0 Å². The van der Waals surface area contributed by atoms with Gasteiger partial charge < -0.3 is 0 Å². The van der Waals surface area contributed by atoms with Crippen molar-refractivity contribution in [1.82, 2.24) is 0 Å². The highest BCUT2D eigenvalue weighted by Crippen LogP contribution is 2.44. The van der Waals surface area contributed by atoms with Crippen molar-refractivity contribution in [3.63, 3.8) is 0 Å². The Kier molecular flexibility index (Phi) is 11.0. The van der Waals surface area contributed by atoms with Crippen LogP contribution in [0.25, 0.3) is 0 Å². The van der Waals surface area contributed by atoms with E-state index in [0.29, 0.717) is 10.8 Å². The van der Waals surface area contributed by atoms with E-state index in [9.17, 15) is 0 Å². The number of hydrogen-bond acceptors (Lipinski definition) is 0. The molecule has 0 aliphatic heterocycles. The zero-order valence-electron chi connectivity index (χ0n) is 20.5. The Labute approximate surface area is 173 Å². The summed E-state index contributed by atoms with van der Waals surface area (Å²) in [6.45, 7) is 19.8. The lowest BCUT2D eigenvalue weighted by atomic mass is 9.65. The van der Waals surface area contributed by atoms with E-state index in [1.54, 1.807) is 0 Å². The monoisotopic (exact) mass is 378 g/mol. The Hall–Kier alpha value is 0. The molecule has 1 saturated carbocycles. The first-order valence-electron chi connectivity index (χ1n) is 12.5. The van der Waals surface area contributed by atoms with Crippen LogP contribution >= 0.6 is 0 Å². The Morgan fingerprint density at radius 2 is 1.52 bits per heavy atom. The van der Waals surface area contributed by atoms with Crippen LogP contribution in [0.2, 0.25) is 0 Å². The van der Waals surface area contributed by atoms with Gasteiger partial charge in [0.1, 0.15) is 0 Å². The summed E-state index contributed by atoms with van der Waals surface area (Å²) >= 11 is 0. The van der Waals surface area contributed by atoms with Gasteiger partial charge in [0.25, 0.3) is 0 Å². The van der Waals surface area contributed by atoms with Gasteiger partial charge in [-0.25, -0.2) is 0 Å². The van der Waals surface area contributed by atoms with Gasteiger partial charge in [0.15, 0.2) is 0 Å². The highest BCUT2D eigenvalue weighted by Gasteiger charge is 2.33. The summed E-state index contributed by atoms with van der Waals surface area (Å²) in [7, 11) is 0. The van der Waals surface area contributed by atoms with E-state index in [0.717, 1.165) is 23.7 Å². The van der Waals surface area contributed by atoms with Crippen LogP contribution < -0.4 is 0 Å². The lowest BCUT2D eigenvalue weighted by molar-refractivity contribution is 0.109. The van der Waals surface area contributed by atoms with Crippen molar-refractivity contribution in [3.05, 3.63) is 0 Å². The van der Waals surface area contributed by atoms with E-state index in [4.69, 9.17) is 0 Å². The highest BCUT2D eigenvalue weighted by molar-refractivity contribution is 4.84. The second-order valence-electron chi connectivity index (χ2n) is 12.3. The molecule has 1 aliphatic rings. The predicted molar refractivity (Wildman–Crippen MR) is 124 cm³/mol. The second kappa shape index (κ2) is 11.9. The van der Waals surface area contributed by atoms with Crippen LogP contribution in [0.5, 0.6) is 0 Å². The molecule has 0 spiro atoms. The molecule has 0 aromatic heterocycles. The molecule has 3 unspecified atom stereocenters. The Bertz CT molecular complexity index is 375. The van der Waals surface area contributed by atoms with Crippen molar-refractivity contribution in [2.45, 2.75) is 139 Å². The van der Waals surface area contributed by atoms with Crippen LogP contribution in [-0.4, -0.2) is 0 Å². The molecule has 0 saturated heterocycles. The van der Waals surface area contributed by atoms with Crippen molar-refractivity contribution >= 4 is 0 Å². The van der Waals surface area contributed by atoms with Gasteiger partial charge in [-0.15, -0.1) is 0 Å². The predicted octanol–water partition coefficient (Wildman–Crippen LogP) is 9.67. The van der Waals surface area contributed by atoms with Crippen LogP contribution in [0.4, 0.5) is 0 Å². The summed E-state index contributed by atoms with van der Waals surface area (Å²) in [5.41, 5.74) is 1.13. The number of hydrogen-bond donors (Lipinski definition) is 0. The van der Waals surface area contributed by atoms with E-state index in [-0.39, 0.29) is 0 Å². The quantitative estimate of drug-likeness (QED) is 0.280. The lowest BCUT2D eigenvalue weighted by Gasteiger charge is -2.40. The topological polar surface area (TPSA) is 0 Å². The molecule has 0 aromatic rings. The summed E-state index contributed by atoms with van der Waals surface area (Å²) < 4.78 is 0. The first-order chi connectivity index (χ1) is 12.5. The largest absolute Gasteiger partial charge is 0.0628 e. The molecule has 0 heterocycles. The Morgan fingerprint density at radius 1 is 0.815 bits per heavy atom. The summed E-state index contributed by atoms with van der Waals surface area (Å²) in [5, 5.41) is 0. The fourth-order valence-corrected chi connectivity index (χ4v) is 5.23. The molecule has 1 rings (SSSR count). The Morgan fingerprint density at radius 3 is 2.15 bits per heavy atom. The molecule has 1 fully saturated rings. The maximum absolute atomic E-state index is 2.52. The van der Waals surface area contributed by atoms with Crippen molar-refractivity contribution < 1.29 is 0 Å². The average molecular weight is 379 g/mol. The van der Waals surface area contributed by atoms with Gasteiger partial charge in [-0.2, -0.15) is 0 Å². The zero-order chi connectivity index (χ0) is 20.5. The van der Waals surface area contributed by atoms with Gasteiger partial charge in [-0.1, -0.05) is 107 Å². The molecule has 162 valence electrons. The third-order valence-electron chi connectivity index (χ3n) is 7.77. The fraction of sp³-hybridized carbons (Fsp3) is 1.00. The van der Waals surface area contributed by atoms with E-state index in [1.165, 1.54) is 83.5 Å². The summed E-state index contributed by atoms with van der Waals surface area (Å²) in [6.07, 6.45) is 18.8. The van der Waals surface area contributed by atoms with Crippen LogP contribution in [0.15, 0.2) is 0 Å². The first-order valence-corrected chi connectivity index (χ1v) is 12.5. The molecule has 3 atom stereocenters. The molecule has 1 aliphatic carbocycles. The molecule has 0 radical (unpaired) electrons. The van der Waals surface area contributed by atoms with Crippen LogP contribution in [0.1, 0.15) is 139 Å². The molecular formula is C27H54. The molecule has 0 amide bonds. The van der Waals surface area contributed by atoms with Gasteiger partial charge in [0, 0.05) is 0 Å². The van der Waals surface area contributed by atoms with E-state index < -0.39 is 0 Å². The van der Waals surface area contributed by atoms with Gasteiger partial charge in [-0.3, -0.25) is 0 Å². The second-order valence-corrected chi connectivity index (χ2v) is 12.3. The number of unbranched alkanes of at least 4 members (excludes halogenated alkanes) is 1. The molecule has 0 bridgehead atoms. The minimum atomic E-state index is 0.539. The smallest absolute Gasteiger partial charge is 0.0326 e. The van der Waals surface area contributed by atoms with Crippen LogP contribution in [0, 0.1) is 34.5 Å². The molecule has 0 aromatic carbocycles. The third-order valence-corrected chi connectivity index (χ3v) is 7.77. The van der Waals surface area contributed by atoms with Crippen LogP contribution in [-0.2, 0) is 0 Å². The molecule has 27 heavy (non-hydrogen) atoms. The summed E-state index contributed by atoms with van der Waals surface area (Å²) in [6, 6.07) is 0. The molecule has 0 N–H and O–H groups in total. The van der Waals surface area contributed by atoms with Gasteiger partial charge in [0.05, 0.1) is 0 Å². The minimum absolute atomic E-state index is 0.539. The normalized spacial score (nSPS) is 22.8. The van der Waals surface area contributed by atoms with Gasteiger partial charge >= 0.3 is 0 Å². The molecule has 0 nitrogen and oxygen atoms in total. The SMILES string of the molecule is CC(C)CCC(C)CCCCC(C)(C)CCC(C)CC1CCCCC1(C)C. The average Bonchev–Trinajstić information content (AvgIpc) is 2.57. The lowest BCUT2D eigenvalue weighted by Crippen LogP contribution is -2.29. The molecular weight excluding hydrogens is 324 g/mol. The van der Waals surface area contributed by atoms with Crippen molar-refractivity contribution in [3.8, 4) is 0 Å². The summed E-state index contributed by atoms with van der Waals surface area (Å²) in [4.78, 5) is 0. The van der Waals surface area contributed by atoms with Crippen molar-refractivity contribution in [1.29, 1.82) is 0 Å². The maximum Gasteiger partial charge on any atom is -0.0326 e. The fourth-order valence-electron chi connectivity index (χ4n) is 5.23. The van der Waals surface area contributed by atoms with Gasteiger partial charge in [0.2, 0.25) is 0 Å². The zero-order valence-corrected chi connectivity index (χ0v) is 20.5. The Balaban J connectivity index is 2.20. The third kappa shape index (κ3) is 10.9. The minimum Gasteiger partial charge on any atom is -0.0628 e. The maximum atomic E-state index is 2.52. The van der Waals surface area contributed by atoms with E-state index in [1.807, 2.05) is 0 Å². The first kappa shape index (κ1) is 25.0. The highest BCUT2D eigenvalue weighted by atomic mass is 14.4. The summed E-state index contributed by atoms with van der Waals surface area (Å²) in [5.74, 6) is 3.67.